The fourth-order valence-electron chi connectivity index (χ4n) is 1.20. The minimum atomic E-state index is -1.14. The van der Waals surface area contributed by atoms with E-state index >= 15 is 0 Å². The third kappa shape index (κ3) is 2.13. The summed E-state index contributed by atoms with van der Waals surface area (Å²) in [6.07, 6.45) is 0.108. The number of carbonyl (C=O) groups excluding carboxylic acids is 2. The third-order valence-corrected chi connectivity index (χ3v) is 2.40. The van der Waals surface area contributed by atoms with Crippen LogP contribution in [0.5, 0.6) is 0 Å². The second-order valence-electron chi connectivity index (χ2n) is 2.79. The van der Waals surface area contributed by atoms with Gasteiger partial charge in [-0.15, -0.1) is 0 Å². The number of ketones is 1. The molecule has 84 valence electrons. The second-order valence-corrected chi connectivity index (χ2v) is 3.35. The number of carbonyl (C=O) groups is 2. The van der Waals surface area contributed by atoms with Gasteiger partial charge < -0.3 is 0 Å². The molecular formula is C9H5BrFNO4. The summed E-state index contributed by atoms with van der Waals surface area (Å²) in [5.74, 6) is -1.66. The van der Waals surface area contributed by atoms with E-state index in [9.17, 15) is 24.1 Å². The molecule has 0 amide bonds. The molecule has 0 aliphatic rings. The van der Waals surface area contributed by atoms with Crippen molar-refractivity contribution in [1.29, 1.82) is 0 Å². The first-order valence-corrected chi connectivity index (χ1v) is 5.16. The van der Waals surface area contributed by atoms with Crippen LogP contribution in [0.15, 0.2) is 12.1 Å². The summed E-state index contributed by atoms with van der Waals surface area (Å²) in [4.78, 5) is 31.5. The van der Waals surface area contributed by atoms with E-state index in [1.54, 1.807) is 0 Å². The third-order valence-electron chi connectivity index (χ3n) is 1.89. The zero-order valence-corrected chi connectivity index (χ0v) is 9.36. The van der Waals surface area contributed by atoms with Gasteiger partial charge in [-0.2, -0.15) is 4.39 Å². The highest BCUT2D eigenvalue weighted by Crippen LogP contribution is 2.25. The molecule has 0 atom stereocenters. The van der Waals surface area contributed by atoms with E-state index in [2.05, 4.69) is 15.9 Å². The Labute approximate surface area is 97.5 Å². The Hall–Kier alpha value is -1.63. The summed E-state index contributed by atoms with van der Waals surface area (Å²) >= 11 is 2.87. The Morgan fingerprint density at radius 2 is 2.19 bits per heavy atom. The highest BCUT2D eigenvalue weighted by Gasteiger charge is 2.25. The summed E-state index contributed by atoms with van der Waals surface area (Å²) in [5, 5.41) is 10.4. The molecule has 0 saturated heterocycles. The lowest BCUT2D eigenvalue weighted by Gasteiger charge is -2.03. The van der Waals surface area contributed by atoms with Gasteiger partial charge in [-0.25, -0.2) is 0 Å². The maximum Gasteiger partial charge on any atom is 0.315 e. The maximum absolute atomic E-state index is 13.1. The normalized spacial score (nSPS) is 9.88. The maximum atomic E-state index is 13.1. The molecule has 16 heavy (non-hydrogen) atoms. The first-order chi connectivity index (χ1) is 7.52. The van der Waals surface area contributed by atoms with Crippen LogP contribution in [0.4, 0.5) is 10.1 Å². The lowest BCUT2D eigenvalue weighted by Crippen LogP contribution is -2.08. The minimum absolute atomic E-state index is 0.101. The Morgan fingerprint density at radius 3 is 2.62 bits per heavy atom. The highest BCUT2D eigenvalue weighted by molar-refractivity contribution is 9.09. The van der Waals surface area contributed by atoms with Crippen LogP contribution in [0.2, 0.25) is 0 Å². The molecule has 0 heterocycles. The molecule has 1 rings (SSSR count). The van der Waals surface area contributed by atoms with Gasteiger partial charge in [-0.3, -0.25) is 19.7 Å². The zero-order chi connectivity index (χ0) is 12.3. The van der Waals surface area contributed by atoms with Crippen molar-refractivity contribution in [2.75, 3.05) is 5.33 Å². The van der Waals surface area contributed by atoms with E-state index in [0.29, 0.717) is 0 Å². The van der Waals surface area contributed by atoms with Crippen LogP contribution in [0.3, 0.4) is 0 Å². The first-order valence-electron chi connectivity index (χ1n) is 4.04. The van der Waals surface area contributed by atoms with Gasteiger partial charge in [0.25, 0.3) is 0 Å². The van der Waals surface area contributed by atoms with E-state index in [-0.39, 0.29) is 17.2 Å². The quantitative estimate of drug-likeness (QED) is 0.280. The fourth-order valence-corrected chi connectivity index (χ4v) is 1.50. The van der Waals surface area contributed by atoms with Crippen LogP contribution >= 0.6 is 15.9 Å². The van der Waals surface area contributed by atoms with E-state index in [0.717, 1.165) is 12.1 Å². The lowest BCUT2D eigenvalue weighted by atomic mass is 10.0. The summed E-state index contributed by atoms with van der Waals surface area (Å²) in [5.41, 5.74) is -1.67. The molecule has 0 N–H and O–H groups in total. The molecular weight excluding hydrogens is 285 g/mol. The zero-order valence-electron chi connectivity index (χ0n) is 7.78. The molecule has 0 aromatic heterocycles. The molecule has 0 unspecified atom stereocenters. The monoisotopic (exact) mass is 289 g/mol. The van der Waals surface area contributed by atoms with Crippen LogP contribution in [0.1, 0.15) is 20.7 Å². The van der Waals surface area contributed by atoms with E-state index in [1.165, 1.54) is 0 Å². The molecule has 0 bridgehead atoms. The van der Waals surface area contributed by atoms with Gasteiger partial charge >= 0.3 is 5.69 Å². The molecule has 1 aromatic carbocycles. The molecule has 0 aliphatic carbocycles. The first kappa shape index (κ1) is 12.4. The van der Waals surface area contributed by atoms with Gasteiger partial charge in [-0.05, 0) is 12.1 Å². The SMILES string of the molecule is O=Cc1c(C(=O)CBr)ccc(F)c1[N+](=O)[O-]. The number of benzene rings is 1. The Balaban J connectivity index is 3.55. The molecule has 0 saturated carbocycles. The Bertz CT molecular complexity index is 475. The summed E-state index contributed by atoms with van der Waals surface area (Å²) in [6, 6.07) is 1.84. The van der Waals surface area contributed by atoms with Gasteiger partial charge in [0.15, 0.2) is 12.1 Å². The van der Waals surface area contributed by atoms with Crippen molar-refractivity contribution in [3.8, 4) is 0 Å². The standard InChI is InChI=1S/C9H5BrFNO4/c10-3-8(14)5-1-2-7(11)9(12(15)16)6(5)4-13/h1-2,4H,3H2. The largest absolute Gasteiger partial charge is 0.315 e. The molecule has 1 aromatic rings. The average Bonchev–Trinajstić information content (AvgIpc) is 2.26. The predicted octanol–water partition coefficient (Wildman–Crippen LogP) is 2.12. The number of aldehydes is 1. The molecule has 0 radical (unpaired) electrons. The molecule has 0 spiro atoms. The topological polar surface area (TPSA) is 77.3 Å². The van der Waals surface area contributed by atoms with Crippen molar-refractivity contribution in [2.45, 2.75) is 0 Å². The number of hydrogen-bond acceptors (Lipinski definition) is 4. The Kier molecular flexibility index (Phi) is 3.83. The van der Waals surface area contributed by atoms with Crippen LogP contribution in [0, 0.1) is 15.9 Å². The molecule has 7 heteroatoms. The number of Topliss-reactive ketones (excluding diaryl/α,β-unsaturated/α-hetero) is 1. The summed E-state index contributed by atoms with van der Waals surface area (Å²) < 4.78 is 13.1. The van der Waals surface area contributed by atoms with Gasteiger partial charge in [0, 0.05) is 5.56 Å². The predicted molar refractivity (Wildman–Crippen MR) is 56.6 cm³/mol. The molecule has 0 aliphatic heterocycles. The number of halogens is 2. The van der Waals surface area contributed by atoms with Gasteiger partial charge in [0.05, 0.1) is 10.3 Å². The van der Waals surface area contributed by atoms with Crippen molar-refractivity contribution < 1.29 is 18.9 Å². The van der Waals surface area contributed by atoms with Crippen molar-refractivity contribution >= 4 is 33.7 Å². The highest BCUT2D eigenvalue weighted by atomic mass is 79.9. The van der Waals surface area contributed by atoms with Gasteiger partial charge in [0.1, 0.15) is 5.56 Å². The van der Waals surface area contributed by atoms with Gasteiger partial charge in [0.2, 0.25) is 5.82 Å². The van der Waals surface area contributed by atoms with Crippen LogP contribution < -0.4 is 0 Å². The van der Waals surface area contributed by atoms with Crippen molar-refractivity contribution in [1.82, 2.24) is 0 Å². The summed E-state index contributed by atoms with van der Waals surface area (Å²) in [7, 11) is 0. The number of nitro benzene ring substituents is 1. The van der Waals surface area contributed by atoms with E-state index < -0.39 is 27.8 Å². The van der Waals surface area contributed by atoms with Crippen LogP contribution in [-0.2, 0) is 0 Å². The van der Waals surface area contributed by atoms with Crippen LogP contribution in [0.25, 0.3) is 0 Å². The fraction of sp³-hybridized carbons (Fsp3) is 0.111. The number of hydrogen-bond donors (Lipinski definition) is 0. The number of nitro groups is 1. The average molecular weight is 290 g/mol. The number of nitrogens with zero attached hydrogens (tertiary/aromatic N) is 1. The smallest absolute Gasteiger partial charge is 0.298 e. The Morgan fingerprint density at radius 1 is 1.56 bits per heavy atom. The number of rotatable bonds is 4. The van der Waals surface area contributed by atoms with Crippen molar-refractivity contribution in [3.63, 3.8) is 0 Å². The van der Waals surface area contributed by atoms with Crippen molar-refractivity contribution in [2.24, 2.45) is 0 Å². The molecule has 0 fully saturated rings. The van der Waals surface area contributed by atoms with E-state index in [4.69, 9.17) is 0 Å². The second kappa shape index (κ2) is 4.93. The van der Waals surface area contributed by atoms with E-state index in [1.807, 2.05) is 0 Å². The van der Waals surface area contributed by atoms with Crippen LogP contribution in [-0.4, -0.2) is 22.3 Å². The molecule has 5 nitrogen and oxygen atoms in total. The summed E-state index contributed by atoms with van der Waals surface area (Å²) in [6.45, 7) is 0. The minimum Gasteiger partial charge on any atom is -0.298 e. The lowest BCUT2D eigenvalue weighted by molar-refractivity contribution is -0.387. The van der Waals surface area contributed by atoms with Crippen molar-refractivity contribution in [3.05, 3.63) is 39.2 Å². The van der Waals surface area contributed by atoms with Gasteiger partial charge in [-0.1, -0.05) is 15.9 Å². The number of alkyl halides is 1.